The fourth-order valence-electron chi connectivity index (χ4n) is 3.94. The normalized spacial score (nSPS) is 27.4. The summed E-state index contributed by atoms with van der Waals surface area (Å²) in [5.41, 5.74) is 4.63. The summed E-state index contributed by atoms with van der Waals surface area (Å²) in [5.74, 6) is 1.36. The van der Waals surface area contributed by atoms with Crippen LogP contribution in [-0.4, -0.2) is 36.8 Å². The molecule has 0 fully saturated rings. The summed E-state index contributed by atoms with van der Waals surface area (Å²) in [4.78, 5) is 20.1. The molecule has 0 saturated heterocycles. The average Bonchev–Trinajstić information content (AvgIpc) is 3.02. The van der Waals surface area contributed by atoms with Gasteiger partial charge in [0.15, 0.2) is 11.7 Å². The Morgan fingerprint density at radius 1 is 1.16 bits per heavy atom. The fraction of sp³-hybridized carbons (Fsp3) is 0.333. The van der Waals surface area contributed by atoms with E-state index in [2.05, 4.69) is 25.2 Å². The molecule has 2 unspecified atom stereocenters. The van der Waals surface area contributed by atoms with Crippen molar-refractivity contribution in [2.75, 3.05) is 14.1 Å². The first-order valence-corrected chi connectivity index (χ1v) is 8.74. The number of carbonyl (C=O) groups is 1. The van der Waals surface area contributed by atoms with Gasteiger partial charge in [-0.25, -0.2) is 4.99 Å². The van der Waals surface area contributed by atoms with Gasteiger partial charge in [0.2, 0.25) is 0 Å². The number of carbonyl (C=O) groups excluding carboxylic acids is 1. The first-order valence-electron chi connectivity index (χ1n) is 8.74. The quantitative estimate of drug-likeness (QED) is 0.859. The lowest BCUT2D eigenvalue weighted by molar-refractivity contribution is -0.111. The monoisotopic (exact) mass is 333 g/mol. The molecular weight excluding hydrogens is 310 g/mol. The number of allylic oxidation sites excluding steroid dienone is 4. The van der Waals surface area contributed by atoms with Gasteiger partial charge in [-0.3, -0.25) is 4.79 Å². The van der Waals surface area contributed by atoms with E-state index in [1.54, 1.807) is 0 Å². The second-order valence-corrected chi connectivity index (χ2v) is 7.30. The standard InChI is InChI=1S/C21H23N3O/c1-12-8-10-14(11-9-12)17-19-18(22-21(23-19)24(3)4)16-13(2)6-5-7-15(16)20(17)25/h5-11,13,16,18H,1-4H3,(H,22,23)/t13?,16-,18?/m1/s1. The Hall–Kier alpha value is -2.62. The highest BCUT2D eigenvalue weighted by molar-refractivity contribution is 6.31. The van der Waals surface area contributed by atoms with Gasteiger partial charge in [0, 0.05) is 25.6 Å². The zero-order valence-corrected chi connectivity index (χ0v) is 15.1. The number of Topliss-reactive ketones (excluding diaryl/α,β-unsaturated/α-hetero) is 1. The lowest BCUT2D eigenvalue weighted by Gasteiger charge is -2.36. The van der Waals surface area contributed by atoms with E-state index in [9.17, 15) is 4.79 Å². The molecule has 4 nitrogen and oxygen atoms in total. The van der Waals surface area contributed by atoms with E-state index in [0.29, 0.717) is 5.92 Å². The minimum absolute atomic E-state index is 0.0394. The van der Waals surface area contributed by atoms with Crippen molar-refractivity contribution < 1.29 is 4.79 Å². The number of fused-ring (bicyclic) bond motifs is 3. The van der Waals surface area contributed by atoms with Gasteiger partial charge in [-0.2, -0.15) is 0 Å². The van der Waals surface area contributed by atoms with Crippen LogP contribution in [0.15, 0.2) is 58.8 Å². The van der Waals surface area contributed by atoms with Gasteiger partial charge < -0.3 is 10.2 Å². The molecule has 0 spiro atoms. The molecule has 1 aliphatic heterocycles. The zero-order chi connectivity index (χ0) is 17.7. The molecule has 1 aromatic rings. The number of hydrogen-bond acceptors (Lipinski definition) is 4. The van der Waals surface area contributed by atoms with Crippen LogP contribution in [0.2, 0.25) is 0 Å². The summed E-state index contributed by atoms with van der Waals surface area (Å²) in [7, 11) is 3.94. The zero-order valence-electron chi connectivity index (χ0n) is 15.1. The van der Waals surface area contributed by atoms with E-state index >= 15 is 0 Å². The first-order chi connectivity index (χ1) is 12.0. The van der Waals surface area contributed by atoms with E-state index in [4.69, 9.17) is 4.99 Å². The number of aryl methyl sites for hydroxylation is 1. The molecule has 0 bridgehead atoms. The molecule has 2 aliphatic carbocycles. The van der Waals surface area contributed by atoms with Crippen LogP contribution >= 0.6 is 0 Å². The van der Waals surface area contributed by atoms with Gasteiger partial charge in [0.05, 0.1) is 17.3 Å². The summed E-state index contributed by atoms with van der Waals surface area (Å²) < 4.78 is 0. The van der Waals surface area contributed by atoms with Gasteiger partial charge in [0.1, 0.15) is 0 Å². The third-order valence-corrected chi connectivity index (χ3v) is 5.29. The van der Waals surface area contributed by atoms with Crippen molar-refractivity contribution in [3.8, 4) is 0 Å². The van der Waals surface area contributed by atoms with Crippen molar-refractivity contribution in [2.24, 2.45) is 16.8 Å². The van der Waals surface area contributed by atoms with Gasteiger partial charge >= 0.3 is 0 Å². The number of benzene rings is 1. The second-order valence-electron chi connectivity index (χ2n) is 7.30. The van der Waals surface area contributed by atoms with Crippen molar-refractivity contribution in [3.63, 3.8) is 0 Å². The van der Waals surface area contributed by atoms with Crippen LogP contribution in [0.25, 0.3) is 5.57 Å². The Morgan fingerprint density at radius 3 is 2.56 bits per heavy atom. The molecule has 4 rings (SSSR count). The van der Waals surface area contributed by atoms with E-state index in [1.807, 2.05) is 55.4 Å². The summed E-state index contributed by atoms with van der Waals surface area (Å²) in [6.07, 6.45) is 6.16. The summed E-state index contributed by atoms with van der Waals surface area (Å²) >= 11 is 0. The topological polar surface area (TPSA) is 44.7 Å². The Balaban J connectivity index is 1.92. The lowest BCUT2D eigenvalue weighted by atomic mass is 9.69. The van der Waals surface area contributed by atoms with E-state index in [-0.39, 0.29) is 17.7 Å². The fourth-order valence-corrected chi connectivity index (χ4v) is 3.94. The minimum Gasteiger partial charge on any atom is -0.349 e. The van der Waals surface area contributed by atoms with E-state index < -0.39 is 0 Å². The van der Waals surface area contributed by atoms with Crippen molar-refractivity contribution in [2.45, 2.75) is 19.9 Å². The number of hydrogen-bond donors (Lipinski definition) is 1. The van der Waals surface area contributed by atoms with Crippen molar-refractivity contribution in [1.82, 2.24) is 10.2 Å². The maximum Gasteiger partial charge on any atom is 0.198 e. The number of aliphatic imine (C=N–C) groups is 1. The molecule has 25 heavy (non-hydrogen) atoms. The highest BCUT2D eigenvalue weighted by Gasteiger charge is 2.46. The molecule has 128 valence electrons. The predicted molar refractivity (Wildman–Crippen MR) is 101 cm³/mol. The summed E-state index contributed by atoms with van der Waals surface area (Å²) in [6, 6.07) is 8.19. The smallest absolute Gasteiger partial charge is 0.198 e. The third-order valence-electron chi connectivity index (χ3n) is 5.29. The molecule has 4 heteroatoms. The number of rotatable bonds is 1. The minimum atomic E-state index is 0.0394. The van der Waals surface area contributed by atoms with Crippen LogP contribution in [0.3, 0.4) is 0 Å². The number of ketones is 1. The van der Waals surface area contributed by atoms with Gasteiger partial charge in [-0.05, 0) is 18.4 Å². The number of nitrogens with one attached hydrogen (secondary N) is 1. The molecule has 0 radical (unpaired) electrons. The maximum absolute atomic E-state index is 13.3. The van der Waals surface area contributed by atoms with Crippen LogP contribution in [-0.2, 0) is 4.79 Å². The van der Waals surface area contributed by atoms with Crippen LogP contribution < -0.4 is 5.32 Å². The largest absolute Gasteiger partial charge is 0.349 e. The highest BCUT2D eigenvalue weighted by atomic mass is 16.1. The second kappa shape index (κ2) is 5.73. The van der Waals surface area contributed by atoms with Gasteiger partial charge in [-0.15, -0.1) is 0 Å². The maximum atomic E-state index is 13.3. The molecule has 0 aromatic heterocycles. The Morgan fingerprint density at radius 2 is 1.88 bits per heavy atom. The van der Waals surface area contributed by atoms with Gasteiger partial charge in [0.25, 0.3) is 0 Å². The van der Waals surface area contributed by atoms with Crippen LogP contribution in [0.1, 0.15) is 18.1 Å². The van der Waals surface area contributed by atoms with E-state index in [1.165, 1.54) is 5.56 Å². The molecule has 1 N–H and O–H groups in total. The Labute approximate surface area is 148 Å². The molecule has 1 aromatic carbocycles. The van der Waals surface area contributed by atoms with Crippen molar-refractivity contribution in [3.05, 3.63) is 64.9 Å². The Kier molecular flexibility index (Phi) is 3.64. The number of nitrogens with zero attached hydrogens (tertiary/aromatic N) is 2. The first kappa shape index (κ1) is 15.9. The molecule has 0 amide bonds. The van der Waals surface area contributed by atoms with Crippen LogP contribution in [0.4, 0.5) is 0 Å². The molecule has 3 aliphatic rings. The predicted octanol–water partition coefficient (Wildman–Crippen LogP) is 2.93. The van der Waals surface area contributed by atoms with Gasteiger partial charge in [-0.1, -0.05) is 55.0 Å². The summed E-state index contributed by atoms with van der Waals surface area (Å²) in [5, 5.41) is 3.54. The molecule has 3 atom stereocenters. The highest BCUT2D eigenvalue weighted by Crippen LogP contribution is 2.44. The third kappa shape index (κ3) is 2.44. The van der Waals surface area contributed by atoms with Crippen molar-refractivity contribution >= 4 is 17.3 Å². The Bertz CT molecular complexity index is 856. The molecule has 0 saturated carbocycles. The average molecular weight is 333 g/mol. The van der Waals surface area contributed by atoms with Crippen molar-refractivity contribution in [1.29, 1.82) is 0 Å². The number of guanidine groups is 1. The molecular formula is C21H23N3O. The lowest BCUT2D eigenvalue weighted by Crippen LogP contribution is -2.47. The SMILES string of the molecule is Cc1ccc(C2=C3N=C(N(C)C)NC3[C@H]3C(=CC=CC3C)C2=O)cc1. The summed E-state index contributed by atoms with van der Waals surface area (Å²) in [6.45, 7) is 4.23. The van der Waals surface area contributed by atoms with Crippen LogP contribution in [0, 0.1) is 18.8 Å². The molecule has 1 heterocycles. The van der Waals surface area contributed by atoms with Crippen LogP contribution in [0.5, 0.6) is 0 Å². The van der Waals surface area contributed by atoms with E-state index in [0.717, 1.165) is 28.4 Å².